The number of nitriles is 3. The van der Waals surface area contributed by atoms with Gasteiger partial charge in [-0.05, 0) is 130 Å². The van der Waals surface area contributed by atoms with E-state index >= 15 is 0 Å². The van der Waals surface area contributed by atoms with Gasteiger partial charge in [0, 0.05) is 75.5 Å². The Hall–Kier alpha value is -9.26. The van der Waals surface area contributed by atoms with E-state index in [0.717, 1.165) is 135 Å². The molecule has 18 nitrogen and oxygen atoms in total. The molecular formula is C68H71N9O9S2. The second-order valence-corrected chi connectivity index (χ2v) is 25.8. The minimum absolute atomic E-state index is 0.0554. The number of nitrogens with zero attached hydrogens (tertiary/aromatic N) is 6. The van der Waals surface area contributed by atoms with Gasteiger partial charge in [-0.3, -0.25) is 10.0 Å². The molecule has 3 fully saturated rings. The normalized spacial score (nSPS) is 14.5. The van der Waals surface area contributed by atoms with Gasteiger partial charge in [0.2, 0.25) is 20.0 Å². The minimum atomic E-state index is -3.77. The van der Waals surface area contributed by atoms with Gasteiger partial charge in [-0.1, -0.05) is 74.9 Å². The molecule has 3 aliphatic rings. The van der Waals surface area contributed by atoms with Crippen molar-refractivity contribution in [1.82, 2.24) is 13.7 Å². The molecule has 1 amide bonds. The van der Waals surface area contributed by atoms with E-state index in [1.54, 1.807) is 58.6 Å². The summed E-state index contributed by atoms with van der Waals surface area (Å²) in [6.07, 6.45) is 14.4. The third-order valence-electron chi connectivity index (χ3n) is 16.9. The molecule has 12 rings (SSSR count). The number of methoxy groups -OCH3 is 3. The van der Waals surface area contributed by atoms with Crippen molar-refractivity contribution in [2.75, 3.05) is 44.2 Å². The molecule has 0 spiro atoms. The number of benzene rings is 6. The number of carbonyl (C=O) groups excluding carboxylic acids is 1. The van der Waals surface area contributed by atoms with E-state index in [0.29, 0.717) is 52.7 Å². The second kappa shape index (κ2) is 26.8. The van der Waals surface area contributed by atoms with Gasteiger partial charge in [-0.25, -0.2) is 26.8 Å². The maximum Gasteiger partial charge on any atom is 0.411 e. The van der Waals surface area contributed by atoms with E-state index in [4.69, 9.17) is 24.1 Å². The zero-order valence-corrected chi connectivity index (χ0v) is 51.6. The number of hydrogen-bond acceptors (Lipinski definition) is 12. The Labute approximate surface area is 513 Å². The van der Waals surface area contributed by atoms with Crippen molar-refractivity contribution in [3.8, 4) is 69.2 Å². The zero-order chi connectivity index (χ0) is 62.3. The lowest BCUT2D eigenvalue weighted by molar-refractivity contribution is 0.168. The molecule has 0 aliphatic heterocycles. The third kappa shape index (κ3) is 13.2. The number of carbonyl (C=O) groups is 1. The highest BCUT2D eigenvalue weighted by Gasteiger charge is 2.30. The van der Waals surface area contributed by atoms with Crippen molar-refractivity contribution < 1.29 is 40.6 Å². The molecule has 0 atom stereocenters. The summed E-state index contributed by atoms with van der Waals surface area (Å²) in [4.78, 5) is 11.9. The van der Waals surface area contributed by atoms with E-state index in [2.05, 4.69) is 41.9 Å². The summed E-state index contributed by atoms with van der Waals surface area (Å²) >= 11 is 0. The zero-order valence-electron chi connectivity index (χ0n) is 50.0. The molecule has 454 valence electrons. The molecule has 3 heterocycles. The minimum Gasteiger partial charge on any atom is -0.497 e. The molecule has 0 unspecified atom stereocenters. The quantitative estimate of drug-likeness (QED) is 0.0866. The summed E-state index contributed by atoms with van der Waals surface area (Å²) in [5.41, 5.74) is 10.9. The first-order chi connectivity index (χ1) is 42.5. The van der Waals surface area contributed by atoms with Gasteiger partial charge in [0.05, 0.1) is 89.4 Å². The lowest BCUT2D eigenvalue weighted by Crippen LogP contribution is -2.13. The molecule has 0 saturated heterocycles. The largest absolute Gasteiger partial charge is 0.497 e. The molecule has 3 saturated carbocycles. The van der Waals surface area contributed by atoms with Crippen LogP contribution in [0.15, 0.2) is 132 Å². The lowest BCUT2D eigenvalue weighted by atomic mass is 10.0. The first-order valence-electron chi connectivity index (χ1n) is 29.6. The van der Waals surface area contributed by atoms with Gasteiger partial charge in [0.15, 0.2) is 0 Å². The SMILES string of the molecule is CCOC(=O)Nc1cccc(-c2c(C#N)c3ccc(OC)cc3n2C2CCCC2)c1.COc1ccc2c(C#N)c(-c3ccc(S(N)(=O)=O)cc3)n(CC3CCCC3)c2c1.COc1ccc2c(C#N)c(-c3cccc(NS(C)(=O)=O)c3)n(C3CCCC3)c2c1. The highest BCUT2D eigenvalue weighted by molar-refractivity contribution is 7.92. The summed E-state index contributed by atoms with van der Waals surface area (Å²) in [6.45, 7) is 2.89. The van der Waals surface area contributed by atoms with Crippen molar-refractivity contribution in [3.63, 3.8) is 0 Å². The predicted octanol–water partition coefficient (Wildman–Crippen LogP) is 14.6. The van der Waals surface area contributed by atoms with Crippen molar-refractivity contribution in [1.29, 1.82) is 15.8 Å². The number of ether oxygens (including phenoxy) is 4. The number of fused-ring (bicyclic) bond motifs is 3. The molecule has 9 aromatic rings. The molecule has 3 aliphatic carbocycles. The van der Waals surface area contributed by atoms with Crippen LogP contribution < -0.4 is 29.4 Å². The number of sulfonamides is 2. The Morgan fingerprint density at radius 3 is 1.43 bits per heavy atom. The number of nitrogens with one attached hydrogen (secondary N) is 2. The highest BCUT2D eigenvalue weighted by Crippen LogP contribution is 2.45. The number of primary sulfonamides is 1. The Bertz CT molecular complexity index is 4430. The molecule has 20 heteroatoms. The Morgan fingerprint density at radius 2 is 0.989 bits per heavy atom. The van der Waals surface area contributed by atoms with Gasteiger partial charge < -0.3 is 32.6 Å². The summed E-state index contributed by atoms with van der Waals surface area (Å²) in [5.74, 6) is 2.82. The Balaban J connectivity index is 0.000000146. The van der Waals surface area contributed by atoms with Crippen LogP contribution in [0, 0.1) is 39.9 Å². The summed E-state index contributed by atoms with van der Waals surface area (Å²) in [6, 6.07) is 46.4. The van der Waals surface area contributed by atoms with E-state index < -0.39 is 26.1 Å². The number of hydrogen-bond donors (Lipinski definition) is 3. The number of amides is 1. The average molecular weight is 1220 g/mol. The number of nitrogens with two attached hydrogens (primary N) is 1. The molecule has 0 radical (unpaired) electrons. The van der Waals surface area contributed by atoms with Crippen LogP contribution in [0.25, 0.3) is 66.5 Å². The van der Waals surface area contributed by atoms with Crippen molar-refractivity contribution in [2.24, 2.45) is 11.1 Å². The molecule has 0 bridgehead atoms. The summed E-state index contributed by atoms with van der Waals surface area (Å²) in [7, 11) is -2.24. The second-order valence-electron chi connectivity index (χ2n) is 22.5. The fourth-order valence-electron chi connectivity index (χ4n) is 13.0. The van der Waals surface area contributed by atoms with E-state index in [1.165, 1.54) is 50.7 Å². The van der Waals surface area contributed by atoms with E-state index in [1.807, 2.05) is 84.9 Å². The van der Waals surface area contributed by atoms with E-state index in [-0.39, 0.29) is 4.90 Å². The van der Waals surface area contributed by atoms with E-state index in [9.17, 15) is 37.4 Å². The van der Waals surface area contributed by atoms with Crippen LogP contribution in [-0.4, -0.2) is 70.8 Å². The smallest absolute Gasteiger partial charge is 0.411 e. The van der Waals surface area contributed by atoms with Gasteiger partial charge in [0.25, 0.3) is 0 Å². The summed E-state index contributed by atoms with van der Waals surface area (Å²) in [5, 5.41) is 40.7. The topological polar surface area (TPSA) is 259 Å². The summed E-state index contributed by atoms with van der Waals surface area (Å²) < 4.78 is 77.2. The molecular weight excluding hydrogens is 1150 g/mol. The van der Waals surface area contributed by atoms with Crippen LogP contribution >= 0.6 is 0 Å². The third-order valence-corrected chi connectivity index (χ3v) is 18.4. The van der Waals surface area contributed by atoms with Crippen molar-refractivity contribution in [2.45, 2.75) is 107 Å². The van der Waals surface area contributed by atoms with Gasteiger partial charge in [-0.2, -0.15) is 15.8 Å². The van der Waals surface area contributed by atoms with Crippen molar-refractivity contribution >= 4 is 70.2 Å². The monoisotopic (exact) mass is 1220 g/mol. The molecule has 4 N–H and O–H groups in total. The van der Waals surface area contributed by atoms with Gasteiger partial charge in [-0.15, -0.1) is 0 Å². The number of rotatable bonds is 15. The fraction of sp³-hybridized carbons (Fsp3) is 0.324. The number of anilines is 2. The first kappa shape index (κ1) is 61.8. The van der Waals surface area contributed by atoms with Crippen LogP contribution in [0.1, 0.15) is 113 Å². The van der Waals surface area contributed by atoms with Crippen molar-refractivity contribution in [3.05, 3.63) is 144 Å². The van der Waals surface area contributed by atoms with Gasteiger partial charge >= 0.3 is 6.09 Å². The standard InChI is InChI=1S/C24H25N3O3.2C22H23N3O3S/c1-3-30-24(28)26-17-8-6-7-16(13-17)23-21(15-25)20-12-11-19(29-2)14-22(20)27(23)18-9-4-5-10-18;1-28-18-10-11-19-20(14-23)22(25(21(19)13-18)17-8-3-4-9-17)15-6-5-7-16(12-15)24-29(2,26)27;1-28-17-8-11-19-20(13-23)22(16-6-9-18(10-7-16)29(24,26)27)25(21(19)12-17)14-15-4-2-3-5-15/h6-8,11-14,18H,3-5,9-10H2,1-2H3,(H,26,28);5-7,10-13,17,24H,3-4,8-9H2,1-2H3;6-12,15H,2-5,14H2,1H3,(H2,24,26,27). The first-order valence-corrected chi connectivity index (χ1v) is 33.0. The average Bonchev–Trinajstić information content (AvgIpc) is 2.00. The molecule has 3 aromatic heterocycles. The van der Waals surface area contributed by atoms with Crippen LogP contribution in [-0.2, 0) is 31.3 Å². The Morgan fingerprint density at radius 1 is 0.557 bits per heavy atom. The Kier molecular flexibility index (Phi) is 18.8. The van der Waals surface area contributed by atoms with Crippen LogP contribution in [0.5, 0.6) is 17.2 Å². The van der Waals surface area contributed by atoms with Crippen LogP contribution in [0.4, 0.5) is 16.2 Å². The maximum atomic E-state index is 11.9. The predicted molar refractivity (Wildman–Crippen MR) is 343 cm³/mol. The van der Waals surface area contributed by atoms with Crippen LogP contribution in [0.2, 0.25) is 0 Å². The lowest BCUT2D eigenvalue weighted by Gasteiger charge is -2.19. The maximum absolute atomic E-state index is 11.9. The molecule has 88 heavy (non-hydrogen) atoms. The molecule has 6 aromatic carbocycles. The number of aromatic nitrogens is 3. The fourth-order valence-corrected chi connectivity index (χ4v) is 14.1. The van der Waals surface area contributed by atoms with Gasteiger partial charge in [0.1, 0.15) is 35.5 Å². The highest BCUT2D eigenvalue weighted by atomic mass is 32.2. The van der Waals surface area contributed by atoms with Crippen LogP contribution in [0.3, 0.4) is 0 Å².